The molecule has 0 saturated carbocycles. The Hall–Kier alpha value is -2.49. The smallest absolute Gasteiger partial charge is 0.275 e. The van der Waals surface area contributed by atoms with E-state index in [1.807, 2.05) is 30.3 Å². The molecule has 1 aromatic carbocycles. The second kappa shape index (κ2) is 3.83. The van der Waals surface area contributed by atoms with Gasteiger partial charge in [0, 0.05) is 11.6 Å². The van der Waals surface area contributed by atoms with Crippen molar-refractivity contribution in [3.05, 3.63) is 47.8 Å². The van der Waals surface area contributed by atoms with Gasteiger partial charge >= 0.3 is 0 Å². The van der Waals surface area contributed by atoms with Gasteiger partial charge in [-0.25, -0.2) is 4.99 Å². The van der Waals surface area contributed by atoms with E-state index < -0.39 is 0 Å². The third-order valence-electron chi connectivity index (χ3n) is 2.56. The lowest BCUT2D eigenvalue weighted by Gasteiger charge is -1.98. The van der Waals surface area contributed by atoms with E-state index in [0.29, 0.717) is 5.70 Å². The molecule has 0 spiro atoms. The second-order valence-electron chi connectivity index (χ2n) is 3.72. The first kappa shape index (κ1) is 9.72. The van der Waals surface area contributed by atoms with Crippen LogP contribution in [0.3, 0.4) is 0 Å². The molecule has 0 aliphatic carbocycles. The summed E-state index contributed by atoms with van der Waals surface area (Å²) in [6.45, 7) is 0. The van der Waals surface area contributed by atoms with Crippen molar-refractivity contribution in [1.82, 2.24) is 10.3 Å². The zero-order valence-corrected chi connectivity index (χ0v) is 8.92. The lowest BCUT2D eigenvalue weighted by atomic mass is 10.1. The maximum absolute atomic E-state index is 11.3. The lowest BCUT2D eigenvalue weighted by molar-refractivity contribution is -0.115. The highest BCUT2D eigenvalue weighted by molar-refractivity contribution is 6.08. The molecule has 4 heteroatoms. The fourth-order valence-corrected chi connectivity index (χ4v) is 1.74. The number of amides is 1. The summed E-state index contributed by atoms with van der Waals surface area (Å²) in [5, 5.41) is 3.56. The van der Waals surface area contributed by atoms with E-state index in [-0.39, 0.29) is 5.91 Å². The molecule has 0 bridgehead atoms. The average Bonchev–Trinajstić information content (AvgIpc) is 2.75. The third-order valence-corrected chi connectivity index (χ3v) is 2.56. The van der Waals surface area contributed by atoms with E-state index in [2.05, 4.69) is 15.3 Å². The van der Waals surface area contributed by atoms with E-state index in [9.17, 15) is 4.79 Å². The molecule has 17 heavy (non-hydrogen) atoms. The van der Waals surface area contributed by atoms with Crippen LogP contribution in [-0.2, 0) is 4.79 Å². The summed E-state index contributed by atoms with van der Waals surface area (Å²) in [7, 11) is 0. The second-order valence-corrected chi connectivity index (χ2v) is 3.72. The number of carbonyl (C=O) groups excluding carboxylic acids is 1. The molecule has 0 atom stereocenters. The topological polar surface area (TPSA) is 54.4 Å². The van der Waals surface area contributed by atoms with Crippen LogP contribution in [0, 0.1) is 0 Å². The Balaban J connectivity index is 2.07. The number of hydrogen-bond acceptors (Lipinski definition) is 3. The van der Waals surface area contributed by atoms with E-state index in [1.165, 1.54) is 6.34 Å². The molecule has 2 aromatic rings. The Morgan fingerprint density at radius 2 is 2.18 bits per heavy atom. The van der Waals surface area contributed by atoms with Gasteiger partial charge in [-0.05, 0) is 29.8 Å². The lowest BCUT2D eigenvalue weighted by Crippen LogP contribution is -2.14. The van der Waals surface area contributed by atoms with Gasteiger partial charge in [0.2, 0.25) is 0 Å². The van der Waals surface area contributed by atoms with Crippen molar-refractivity contribution < 1.29 is 4.79 Å². The van der Waals surface area contributed by atoms with Crippen LogP contribution in [0.15, 0.2) is 47.2 Å². The molecule has 0 radical (unpaired) electrons. The largest absolute Gasteiger partial charge is 0.311 e. The molecule has 3 rings (SSSR count). The molecule has 0 fully saturated rings. The molecule has 0 unspecified atom stereocenters. The summed E-state index contributed by atoms with van der Waals surface area (Å²) >= 11 is 0. The van der Waals surface area contributed by atoms with Gasteiger partial charge in [0.15, 0.2) is 0 Å². The first-order valence-electron chi connectivity index (χ1n) is 5.23. The van der Waals surface area contributed by atoms with Crippen molar-refractivity contribution in [1.29, 1.82) is 0 Å². The number of aromatic nitrogens is 1. The van der Waals surface area contributed by atoms with Crippen LogP contribution in [0.2, 0.25) is 0 Å². The van der Waals surface area contributed by atoms with Gasteiger partial charge in [0.25, 0.3) is 5.91 Å². The Kier molecular flexibility index (Phi) is 2.19. The number of hydrogen-bond donors (Lipinski definition) is 1. The summed E-state index contributed by atoms with van der Waals surface area (Å²) in [4.78, 5) is 19.5. The molecule has 4 nitrogen and oxygen atoms in total. The number of benzene rings is 1. The quantitative estimate of drug-likeness (QED) is 0.748. The standard InChI is InChI=1S/C13H9N3O/c17-13-12(15-8-16-13)7-9-3-4-11-10(6-9)2-1-5-14-11/h1-8H,(H,15,16,17). The van der Waals surface area contributed by atoms with E-state index in [1.54, 1.807) is 12.3 Å². The summed E-state index contributed by atoms with van der Waals surface area (Å²) in [5.74, 6) is -0.170. The Bertz CT molecular complexity index is 659. The molecule has 1 aliphatic rings. The van der Waals surface area contributed by atoms with Crippen molar-refractivity contribution in [2.75, 3.05) is 0 Å². The van der Waals surface area contributed by atoms with E-state index in [0.717, 1.165) is 16.5 Å². The summed E-state index contributed by atoms with van der Waals surface area (Å²) in [5.41, 5.74) is 2.30. The molecule has 82 valence electrons. The SMILES string of the molecule is O=C1NC=NC1=Cc1ccc2ncccc2c1. The molecule has 0 saturated heterocycles. The minimum absolute atomic E-state index is 0.170. The molecule has 1 aliphatic heterocycles. The number of nitrogens with one attached hydrogen (secondary N) is 1. The van der Waals surface area contributed by atoms with Crippen molar-refractivity contribution in [2.24, 2.45) is 4.99 Å². The molecule has 2 heterocycles. The molecular weight excluding hydrogens is 214 g/mol. The summed E-state index contributed by atoms with van der Waals surface area (Å²) < 4.78 is 0. The predicted octanol–water partition coefficient (Wildman–Crippen LogP) is 1.73. The van der Waals surface area contributed by atoms with Gasteiger partial charge in [0.1, 0.15) is 5.70 Å². The van der Waals surface area contributed by atoms with Crippen molar-refractivity contribution in [2.45, 2.75) is 0 Å². The minimum atomic E-state index is -0.170. The fourth-order valence-electron chi connectivity index (χ4n) is 1.74. The maximum Gasteiger partial charge on any atom is 0.275 e. The monoisotopic (exact) mass is 223 g/mol. The maximum atomic E-state index is 11.3. The van der Waals surface area contributed by atoms with Crippen molar-refractivity contribution >= 4 is 29.2 Å². The van der Waals surface area contributed by atoms with Crippen LogP contribution in [0.5, 0.6) is 0 Å². The number of nitrogens with zero attached hydrogens (tertiary/aromatic N) is 2. The number of fused-ring (bicyclic) bond motifs is 1. The highest BCUT2D eigenvalue weighted by atomic mass is 16.2. The van der Waals surface area contributed by atoms with Gasteiger partial charge in [-0.2, -0.15) is 0 Å². The van der Waals surface area contributed by atoms with Gasteiger partial charge < -0.3 is 5.32 Å². The van der Waals surface area contributed by atoms with Gasteiger partial charge in [-0.3, -0.25) is 9.78 Å². The normalized spacial score (nSPS) is 16.7. The van der Waals surface area contributed by atoms with Gasteiger partial charge in [0.05, 0.1) is 11.9 Å². The van der Waals surface area contributed by atoms with Crippen LogP contribution in [0.25, 0.3) is 17.0 Å². The Morgan fingerprint density at radius 3 is 3.00 bits per heavy atom. The number of carbonyl (C=O) groups is 1. The number of pyridine rings is 1. The number of aliphatic imine (C=N–C) groups is 1. The van der Waals surface area contributed by atoms with Crippen molar-refractivity contribution in [3.63, 3.8) is 0 Å². The number of rotatable bonds is 1. The van der Waals surface area contributed by atoms with Crippen LogP contribution < -0.4 is 5.32 Å². The molecule has 1 amide bonds. The summed E-state index contributed by atoms with van der Waals surface area (Å²) in [6.07, 6.45) is 4.91. The van der Waals surface area contributed by atoms with Crippen LogP contribution >= 0.6 is 0 Å². The fraction of sp³-hybridized carbons (Fsp3) is 0. The highest BCUT2D eigenvalue weighted by Gasteiger charge is 2.11. The van der Waals surface area contributed by atoms with Crippen LogP contribution in [-0.4, -0.2) is 17.2 Å². The average molecular weight is 223 g/mol. The van der Waals surface area contributed by atoms with Gasteiger partial charge in [-0.15, -0.1) is 0 Å². The van der Waals surface area contributed by atoms with E-state index in [4.69, 9.17) is 0 Å². The van der Waals surface area contributed by atoms with Crippen molar-refractivity contribution in [3.8, 4) is 0 Å². The first-order chi connectivity index (χ1) is 8.33. The third kappa shape index (κ3) is 1.80. The predicted molar refractivity (Wildman–Crippen MR) is 66.4 cm³/mol. The zero-order valence-electron chi connectivity index (χ0n) is 8.92. The zero-order chi connectivity index (χ0) is 11.7. The van der Waals surface area contributed by atoms with E-state index >= 15 is 0 Å². The summed E-state index contributed by atoms with van der Waals surface area (Å²) in [6, 6.07) is 9.71. The Labute approximate surface area is 97.7 Å². The molecule has 1 N–H and O–H groups in total. The molecule has 1 aromatic heterocycles. The first-order valence-corrected chi connectivity index (χ1v) is 5.23. The Morgan fingerprint density at radius 1 is 1.24 bits per heavy atom. The van der Waals surface area contributed by atoms with Crippen LogP contribution in [0.4, 0.5) is 0 Å². The highest BCUT2D eigenvalue weighted by Crippen LogP contribution is 2.16. The molecular formula is C13H9N3O. The van der Waals surface area contributed by atoms with Gasteiger partial charge in [-0.1, -0.05) is 12.1 Å². The van der Waals surface area contributed by atoms with Crippen LogP contribution in [0.1, 0.15) is 5.56 Å². The minimum Gasteiger partial charge on any atom is -0.311 e.